The maximum absolute atomic E-state index is 13.6. The van der Waals surface area contributed by atoms with Gasteiger partial charge in [-0.15, -0.1) is 0 Å². The molecule has 224 valence electrons. The SMILES string of the molecule is C=C/C=C(\C=C)CCN(C=O)C[C@H]1N(C(C)CC2=CC=C(O)C=CC2)C(=O)CN(C)N1C(=O)NCc1ccc(F)cc1. The van der Waals surface area contributed by atoms with Crippen molar-refractivity contribution in [2.45, 2.75) is 44.9 Å². The first-order valence-electron chi connectivity index (χ1n) is 13.9. The molecular weight excluding hydrogens is 537 g/mol. The number of aliphatic hydroxyl groups excluding tert-OH is 1. The number of rotatable bonds is 13. The van der Waals surface area contributed by atoms with Crippen molar-refractivity contribution in [1.29, 1.82) is 0 Å². The minimum absolute atomic E-state index is 0.0335. The summed E-state index contributed by atoms with van der Waals surface area (Å²) in [5, 5.41) is 15.7. The van der Waals surface area contributed by atoms with Crippen molar-refractivity contribution in [3.8, 4) is 0 Å². The standard InChI is InChI=1S/C32H40FN5O4/c1-5-8-25(6-2)17-18-36(23-39)21-30-37(24(3)19-26-9-7-10-29(40)16-13-26)31(41)22-35(4)38(30)32(42)34-20-27-11-14-28(33)15-12-27/h5-8,10-16,23-24,30,40H,1-2,9,17-22H2,3-4H3,(H,34,42)/b25-8+/t24?,30-/m0/s1. The van der Waals surface area contributed by atoms with Gasteiger partial charge in [-0.3, -0.25) is 9.59 Å². The third kappa shape index (κ3) is 8.78. The lowest BCUT2D eigenvalue weighted by Gasteiger charge is -2.50. The van der Waals surface area contributed by atoms with Gasteiger partial charge >= 0.3 is 6.03 Å². The van der Waals surface area contributed by atoms with Crippen molar-refractivity contribution in [3.05, 3.63) is 108 Å². The molecule has 1 aliphatic carbocycles. The zero-order valence-corrected chi connectivity index (χ0v) is 24.3. The maximum atomic E-state index is 13.6. The molecule has 9 nitrogen and oxygen atoms in total. The lowest BCUT2D eigenvalue weighted by molar-refractivity contribution is -0.170. The second-order valence-corrected chi connectivity index (χ2v) is 10.3. The number of allylic oxidation sites excluding steroid dienone is 7. The summed E-state index contributed by atoms with van der Waals surface area (Å²) in [6, 6.07) is 5.06. The highest BCUT2D eigenvalue weighted by molar-refractivity contribution is 5.82. The molecule has 4 amide bonds. The van der Waals surface area contributed by atoms with Crippen molar-refractivity contribution in [3.63, 3.8) is 0 Å². The van der Waals surface area contributed by atoms with Crippen LogP contribution in [0, 0.1) is 5.82 Å². The minimum Gasteiger partial charge on any atom is -0.508 e. The van der Waals surface area contributed by atoms with Crippen LogP contribution < -0.4 is 5.32 Å². The topological polar surface area (TPSA) is 96.4 Å². The fourth-order valence-corrected chi connectivity index (χ4v) is 5.08. The summed E-state index contributed by atoms with van der Waals surface area (Å²) in [5.41, 5.74) is 2.63. The van der Waals surface area contributed by atoms with Crippen LogP contribution in [0.25, 0.3) is 0 Å². The van der Waals surface area contributed by atoms with Crippen LogP contribution in [0.2, 0.25) is 0 Å². The molecule has 10 heteroatoms. The number of likely N-dealkylation sites (N-methyl/N-ethyl adjacent to an activating group) is 1. The van der Waals surface area contributed by atoms with E-state index in [1.54, 1.807) is 58.3 Å². The van der Waals surface area contributed by atoms with E-state index in [2.05, 4.69) is 18.5 Å². The van der Waals surface area contributed by atoms with E-state index in [0.717, 1.165) is 17.6 Å². The summed E-state index contributed by atoms with van der Waals surface area (Å²) in [6.07, 6.45) is 13.7. The van der Waals surface area contributed by atoms with Crippen molar-refractivity contribution < 1.29 is 23.9 Å². The molecule has 0 spiro atoms. The number of carbonyl (C=O) groups excluding carboxylic acids is 3. The van der Waals surface area contributed by atoms with Gasteiger partial charge in [-0.25, -0.2) is 19.2 Å². The number of nitrogens with one attached hydrogen (secondary N) is 1. The van der Waals surface area contributed by atoms with Crippen molar-refractivity contribution >= 4 is 18.3 Å². The highest BCUT2D eigenvalue weighted by atomic mass is 19.1. The number of amides is 4. The number of aliphatic hydroxyl groups is 1. The summed E-state index contributed by atoms with van der Waals surface area (Å²) in [5.74, 6) is -0.392. The van der Waals surface area contributed by atoms with E-state index in [-0.39, 0.29) is 43.2 Å². The Balaban J connectivity index is 1.89. The molecule has 0 saturated carbocycles. The Kier molecular flexibility index (Phi) is 11.9. The van der Waals surface area contributed by atoms with Gasteiger partial charge in [-0.05, 0) is 61.6 Å². The largest absolute Gasteiger partial charge is 0.508 e. The Bertz CT molecular complexity index is 1270. The number of nitrogens with zero attached hydrogens (tertiary/aromatic N) is 4. The summed E-state index contributed by atoms with van der Waals surface area (Å²) in [6.45, 7) is 9.98. The quantitative estimate of drug-likeness (QED) is 0.264. The zero-order chi connectivity index (χ0) is 30.6. The van der Waals surface area contributed by atoms with Crippen LogP contribution in [-0.2, 0) is 16.1 Å². The fourth-order valence-electron chi connectivity index (χ4n) is 5.08. The number of hydrazine groups is 1. The molecule has 0 aromatic heterocycles. The van der Waals surface area contributed by atoms with Gasteiger partial charge in [0.25, 0.3) is 0 Å². The van der Waals surface area contributed by atoms with Gasteiger partial charge < -0.3 is 20.2 Å². The predicted molar refractivity (Wildman–Crippen MR) is 161 cm³/mol. The van der Waals surface area contributed by atoms with E-state index in [0.29, 0.717) is 31.4 Å². The van der Waals surface area contributed by atoms with Gasteiger partial charge in [-0.1, -0.05) is 61.2 Å². The average molecular weight is 578 g/mol. The van der Waals surface area contributed by atoms with Crippen LogP contribution in [0.3, 0.4) is 0 Å². The van der Waals surface area contributed by atoms with Crippen molar-refractivity contribution in [2.75, 3.05) is 26.7 Å². The summed E-state index contributed by atoms with van der Waals surface area (Å²) in [7, 11) is 1.66. The lowest BCUT2D eigenvalue weighted by Crippen LogP contribution is -2.71. The third-order valence-electron chi connectivity index (χ3n) is 7.21. The molecule has 2 atom stereocenters. The number of urea groups is 1. The molecule has 42 heavy (non-hydrogen) atoms. The second-order valence-electron chi connectivity index (χ2n) is 10.3. The van der Waals surface area contributed by atoms with Gasteiger partial charge in [-0.2, -0.15) is 0 Å². The first-order valence-corrected chi connectivity index (χ1v) is 13.9. The van der Waals surface area contributed by atoms with E-state index < -0.39 is 12.2 Å². The minimum atomic E-state index is -0.800. The van der Waals surface area contributed by atoms with Gasteiger partial charge in [0.15, 0.2) is 0 Å². The first kappa shape index (κ1) is 32.1. The van der Waals surface area contributed by atoms with E-state index in [9.17, 15) is 23.9 Å². The van der Waals surface area contributed by atoms with Gasteiger partial charge in [0.2, 0.25) is 12.3 Å². The zero-order valence-electron chi connectivity index (χ0n) is 24.3. The fraction of sp³-hybridized carbons (Fsp3) is 0.344. The van der Waals surface area contributed by atoms with Crippen LogP contribution in [-0.4, -0.2) is 82.2 Å². The number of hydrogen-bond acceptors (Lipinski definition) is 5. The Morgan fingerprint density at radius 1 is 1.26 bits per heavy atom. The van der Waals surface area contributed by atoms with E-state index in [1.165, 1.54) is 17.1 Å². The number of benzene rings is 1. The molecule has 1 fully saturated rings. The van der Waals surface area contributed by atoms with E-state index >= 15 is 0 Å². The van der Waals surface area contributed by atoms with E-state index in [1.807, 2.05) is 25.2 Å². The van der Waals surface area contributed by atoms with Crippen LogP contribution in [0.15, 0.2) is 96.9 Å². The third-order valence-corrected chi connectivity index (χ3v) is 7.21. The van der Waals surface area contributed by atoms with Crippen LogP contribution in [0.4, 0.5) is 9.18 Å². The molecular formula is C32H40FN5O4. The Morgan fingerprint density at radius 2 is 2.00 bits per heavy atom. The summed E-state index contributed by atoms with van der Waals surface area (Å²) < 4.78 is 13.4. The molecule has 1 unspecified atom stereocenters. The molecule has 1 aromatic carbocycles. The Labute approximate surface area is 247 Å². The number of hydrogen-bond donors (Lipinski definition) is 2. The van der Waals surface area contributed by atoms with Crippen LogP contribution in [0.1, 0.15) is 31.7 Å². The smallest absolute Gasteiger partial charge is 0.334 e. The highest BCUT2D eigenvalue weighted by Gasteiger charge is 2.43. The molecule has 1 aromatic rings. The number of halogens is 1. The normalized spacial score (nSPS) is 18.5. The Morgan fingerprint density at radius 3 is 2.67 bits per heavy atom. The second kappa shape index (κ2) is 15.5. The van der Waals surface area contributed by atoms with Crippen LogP contribution >= 0.6 is 0 Å². The highest BCUT2D eigenvalue weighted by Crippen LogP contribution is 2.25. The molecule has 0 radical (unpaired) electrons. The molecule has 2 aliphatic rings. The van der Waals surface area contributed by atoms with Gasteiger partial charge in [0.1, 0.15) is 17.7 Å². The van der Waals surface area contributed by atoms with Crippen molar-refractivity contribution in [2.24, 2.45) is 0 Å². The van der Waals surface area contributed by atoms with Gasteiger partial charge in [0, 0.05) is 26.2 Å². The molecule has 3 rings (SSSR count). The molecule has 1 heterocycles. The van der Waals surface area contributed by atoms with Crippen LogP contribution in [0.5, 0.6) is 0 Å². The first-order chi connectivity index (χ1) is 20.2. The van der Waals surface area contributed by atoms with E-state index in [4.69, 9.17) is 0 Å². The lowest BCUT2D eigenvalue weighted by atomic mass is 10.0. The number of carbonyl (C=O) groups is 3. The predicted octanol–water partition coefficient (Wildman–Crippen LogP) is 4.61. The molecule has 1 aliphatic heterocycles. The molecule has 0 bridgehead atoms. The van der Waals surface area contributed by atoms with Crippen molar-refractivity contribution in [1.82, 2.24) is 25.1 Å². The molecule has 1 saturated heterocycles. The summed E-state index contributed by atoms with van der Waals surface area (Å²) in [4.78, 5) is 42.6. The monoisotopic (exact) mass is 577 g/mol. The Hall–Kier alpha value is -4.44. The molecule has 2 N–H and O–H groups in total. The summed E-state index contributed by atoms with van der Waals surface area (Å²) >= 11 is 0. The maximum Gasteiger partial charge on any atom is 0.334 e. The average Bonchev–Trinajstić information content (AvgIpc) is 3.17. The van der Waals surface area contributed by atoms with Gasteiger partial charge in [0.05, 0.1) is 13.1 Å².